The Bertz CT molecular complexity index is 1150. The minimum absolute atomic E-state index is 0.0303. The molecule has 0 saturated heterocycles. The highest BCUT2D eigenvalue weighted by Gasteiger charge is 2.41. The van der Waals surface area contributed by atoms with Gasteiger partial charge in [0.05, 0.1) is 40.0 Å². The summed E-state index contributed by atoms with van der Waals surface area (Å²) >= 11 is 0. The van der Waals surface area contributed by atoms with Crippen molar-refractivity contribution in [3.8, 4) is 0 Å². The fraction of sp³-hybridized carbons (Fsp3) is 0.731. The Morgan fingerprint density at radius 3 is 2.33 bits per heavy atom. The van der Waals surface area contributed by atoms with Crippen LogP contribution in [-0.2, 0) is 31.9 Å². The molecule has 0 saturated carbocycles. The van der Waals surface area contributed by atoms with E-state index in [0.29, 0.717) is 12.1 Å². The molecule has 1 aromatic carbocycles. The number of halogens is 4. The van der Waals surface area contributed by atoms with Crippen LogP contribution in [0.4, 0.5) is 17.6 Å². The van der Waals surface area contributed by atoms with Gasteiger partial charge >= 0.3 is 6.18 Å². The zero-order valence-electron chi connectivity index (χ0n) is 24.8. The Balaban J connectivity index is 2.67. The first-order valence-electron chi connectivity index (χ1n) is 13.2. The van der Waals surface area contributed by atoms with Gasteiger partial charge in [0, 0.05) is 27.4 Å². The van der Waals surface area contributed by atoms with Crippen molar-refractivity contribution in [1.29, 1.82) is 0 Å². The first-order valence-corrected chi connectivity index (χ1v) is 18.0. The van der Waals surface area contributed by atoms with E-state index in [0.717, 1.165) is 13.0 Å². The van der Waals surface area contributed by atoms with Gasteiger partial charge in [-0.25, -0.2) is 18.3 Å². The van der Waals surface area contributed by atoms with Crippen molar-refractivity contribution >= 4 is 30.1 Å². The van der Waals surface area contributed by atoms with Gasteiger partial charge in [0.25, 0.3) is 0 Å². The smallest absolute Gasteiger partial charge is 0.383 e. The lowest BCUT2D eigenvalue weighted by molar-refractivity contribution is -0.227. The summed E-state index contributed by atoms with van der Waals surface area (Å²) in [6, 6.07) is 2.19. The third kappa shape index (κ3) is 9.29. The molecule has 0 fully saturated rings. The molecule has 8 nitrogen and oxygen atoms in total. The van der Waals surface area contributed by atoms with Crippen molar-refractivity contribution in [2.24, 2.45) is 5.73 Å². The number of nitrogens with one attached hydrogen (secondary N) is 1. The molecular formula is C26H44F4N4O4SSi. The molecule has 3 N–H and O–H groups in total. The van der Waals surface area contributed by atoms with Crippen LogP contribution in [0.3, 0.4) is 0 Å². The minimum atomic E-state index is -4.61. The average Bonchev–Trinajstić information content (AvgIpc) is 3.17. The molecule has 0 radical (unpaired) electrons. The van der Waals surface area contributed by atoms with E-state index < -0.39 is 60.1 Å². The summed E-state index contributed by atoms with van der Waals surface area (Å²) in [5, 5.41) is 0. The van der Waals surface area contributed by atoms with Crippen molar-refractivity contribution in [2.75, 3.05) is 20.3 Å². The molecule has 1 aromatic heterocycles. The van der Waals surface area contributed by atoms with Crippen molar-refractivity contribution in [2.45, 2.75) is 102 Å². The largest absolute Gasteiger partial charge is 0.414 e. The molecule has 5 atom stereocenters. The lowest BCUT2D eigenvalue weighted by Crippen LogP contribution is -2.43. The minimum Gasteiger partial charge on any atom is -0.383 e. The molecule has 0 amide bonds. The molecule has 0 aliphatic carbocycles. The second kappa shape index (κ2) is 13.7. The third-order valence-corrected chi connectivity index (χ3v) is 9.58. The Morgan fingerprint density at radius 1 is 1.18 bits per heavy atom. The van der Waals surface area contributed by atoms with E-state index in [1.54, 1.807) is 31.4 Å². The Kier molecular flexibility index (Phi) is 11.9. The molecular weight excluding hydrogens is 568 g/mol. The van der Waals surface area contributed by atoms with Crippen LogP contribution in [-0.4, -0.2) is 65.3 Å². The first-order chi connectivity index (χ1) is 18.3. The number of benzene rings is 1. The number of ether oxygens (including phenoxy) is 3. The van der Waals surface area contributed by atoms with Crippen molar-refractivity contribution in [3.63, 3.8) is 0 Å². The van der Waals surface area contributed by atoms with E-state index in [1.165, 1.54) is 20.1 Å². The molecule has 1 heterocycles. The molecule has 0 aliphatic rings. The van der Waals surface area contributed by atoms with Crippen LogP contribution >= 0.6 is 0 Å². The third-order valence-electron chi connectivity index (χ3n) is 6.30. The van der Waals surface area contributed by atoms with Gasteiger partial charge in [-0.3, -0.25) is 0 Å². The number of rotatable bonds is 14. The standard InChI is InChI=1S/C26H44F4N4O4SSi/c1-16(38-17(2)26(28,29)30)22(33-39(35)25(3,4)5)24-32-23-20(34(24)15-37-12-13-40(7,8)9)11-10-18(21(23)27)19(31)14-36-6/h10-11,16-17,19,22,33H,12-15,31H2,1-9H3/t16-,17-,19-,22+,39?/m1/s1. The molecule has 2 rings (SSSR count). The van der Waals surface area contributed by atoms with E-state index in [1.807, 2.05) is 0 Å². The van der Waals surface area contributed by atoms with Crippen LogP contribution in [0.5, 0.6) is 0 Å². The number of fused-ring (bicyclic) bond motifs is 1. The maximum atomic E-state index is 15.8. The zero-order valence-corrected chi connectivity index (χ0v) is 26.6. The quantitative estimate of drug-likeness (QED) is 0.164. The topological polar surface area (TPSA) is 101 Å². The van der Waals surface area contributed by atoms with Gasteiger partial charge in [-0.05, 0) is 46.7 Å². The summed E-state index contributed by atoms with van der Waals surface area (Å²) in [4.78, 5) is 4.53. The van der Waals surface area contributed by atoms with Crippen molar-refractivity contribution in [1.82, 2.24) is 14.3 Å². The Labute approximate surface area is 237 Å². The van der Waals surface area contributed by atoms with E-state index in [-0.39, 0.29) is 30.2 Å². The molecule has 0 spiro atoms. The van der Waals surface area contributed by atoms with Crippen LogP contribution in [0.1, 0.15) is 58.1 Å². The summed E-state index contributed by atoms with van der Waals surface area (Å²) in [6.45, 7) is 14.6. The fourth-order valence-corrected chi connectivity index (χ4v) is 5.42. The van der Waals surface area contributed by atoms with Crippen molar-refractivity contribution < 1.29 is 36.0 Å². The highest BCUT2D eigenvalue weighted by molar-refractivity contribution is 7.84. The Hall–Kier alpha value is -1.42. The van der Waals surface area contributed by atoms with Gasteiger partial charge in [-0.15, -0.1) is 0 Å². The van der Waals surface area contributed by atoms with E-state index >= 15 is 4.39 Å². The van der Waals surface area contributed by atoms with E-state index in [2.05, 4.69) is 29.3 Å². The number of alkyl halides is 3. The van der Waals surface area contributed by atoms with Gasteiger partial charge in [0.15, 0.2) is 11.9 Å². The zero-order chi connectivity index (χ0) is 30.6. The van der Waals surface area contributed by atoms with Crippen LogP contribution in [0.15, 0.2) is 12.1 Å². The Morgan fingerprint density at radius 2 is 1.80 bits per heavy atom. The lowest BCUT2D eigenvalue weighted by atomic mass is 10.1. The van der Waals surface area contributed by atoms with Gasteiger partial charge in [-0.2, -0.15) is 13.2 Å². The monoisotopic (exact) mass is 612 g/mol. The van der Waals surface area contributed by atoms with Crippen molar-refractivity contribution in [3.05, 3.63) is 29.3 Å². The number of hydrogen-bond donors (Lipinski definition) is 2. The summed E-state index contributed by atoms with van der Waals surface area (Å²) < 4.78 is 89.2. The van der Waals surface area contributed by atoms with Gasteiger partial charge in [-0.1, -0.05) is 25.7 Å². The van der Waals surface area contributed by atoms with Crippen LogP contribution < -0.4 is 10.5 Å². The SMILES string of the molecule is COC[C@@H](N)c1ccc2c(nc([C@@H](NS(=O)C(C)(C)C)[C@@H](C)O[C@H](C)C(F)(F)F)n2COCC[Si](C)(C)C)c1F. The number of nitrogens with zero attached hydrogens (tertiary/aromatic N) is 2. The molecule has 1 unspecified atom stereocenters. The summed E-state index contributed by atoms with van der Waals surface area (Å²) in [6.07, 6.45) is -7.87. The normalized spacial score (nSPS) is 17.1. The summed E-state index contributed by atoms with van der Waals surface area (Å²) in [5.41, 5.74) is 6.61. The van der Waals surface area contributed by atoms with Gasteiger partial charge in [0.2, 0.25) is 0 Å². The van der Waals surface area contributed by atoms with Crippen LogP contribution in [0.2, 0.25) is 25.7 Å². The highest BCUT2D eigenvalue weighted by Crippen LogP contribution is 2.32. The predicted octanol–water partition coefficient (Wildman–Crippen LogP) is 5.58. The lowest BCUT2D eigenvalue weighted by Gasteiger charge is -2.30. The first kappa shape index (κ1) is 34.8. The second-order valence-corrected chi connectivity index (χ2v) is 19.8. The van der Waals surface area contributed by atoms with Gasteiger partial charge in [0.1, 0.15) is 24.1 Å². The summed E-state index contributed by atoms with van der Waals surface area (Å²) in [7, 11) is -1.69. The molecule has 0 aliphatic heterocycles. The molecule has 0 bridgehead atoms. The highest BCUT2D eigenvalue weighted by atomic mass is 32.2. The molecule has 230 valence electrons. The second-order valence-electron chi connectivity index (χ2n) is 12.1. The number of nitrogens with two attached hydrogens (primary N) is 1. The maximum Gasteiger partial charge on any atom is 0.414 e. The van der Waals surface area contributed by atoms with Crippen LogP contribution in [0.25, 0.3) is 11.0 Å². The maximum absolute atomic E-state index is 15.8. The fourth-order valence-electron chi connectivity index (χ4n) is 3.78. The predicted molar refractivity (Wildman–Crippen MR) is 152 cm³/mol. The van der Waals surface area contributed by atoms with Gasteiger partial charge < -0.3 is 24.5 Å². The number of methoxy groups -OCH3 is 1. The molecule has 14 heteroatoms. The number of imidazole rings is 1. The number of hydrogen-bond acceptors (Lipinski definition) is 6. The van der Waals surface area contributed by atoms with E-state index in [4.69, 9.17) is 19.9 Å². The summed E-state index contributed by atoms with van der Waals surface area (Å²) in [5.74, 6) is -0.532. The molecule has 2 aromatic rings. The molecule has 40 heavy (non-hydrogen) atoms. The van der Waals surface area contributed by atoms with Crippen LogP contribution in [0, 0.1) is 5.82 Å². The number of aromatic nitrogens is 2. The van der Waals surface area contributed by atoms with E-state index in [9.17, 15) is 17.4 Å². The average molecular weight is 613 g/mol.